The minimum Gasteiger partial charge on any atom is -0.355 e. The molecule has 3 aromatic rings. The Balaban J connectivity index is 1.09. The van der Waals surface area contributed by atoms with E-state index in [9.17, 15) is 0 Å². The molecule has 0 radical (unpaired) electrons. The van der Waals surface area contributed by atoms with Crippen LogP contribution < -0.4 is 26.6 Å². The van der Waals surface area contributed by atoms with Gasteiger partial charge in [0.2, 0.25) is 0 Å². The van der Waals surface area contributed by atoms with E-state index in [0.717, 1.165) is 85.4 Å². The molecule has 4 aliphatic heterocycles. The lowest BCUT2D eigenvalue weighted by Gasteiger charge is -2.27. The molecule has 232 valence electrons. The van der Waals surface area contributed by atoms with Crippen LogP contribution in [-0.2, 0) is 13.1 Å². The average molecular weight is 607 g/mol. The molecule has 6 nitrogen and oxygen atoms in total. The van der Waals surface area contributed by atoms with Gasteiger partial charge in [0.05, 0.1) is 28.4 Å². The quantitative estimate of drug-likeness (QED) is 0.170. The molecular formula is C40H42N6. The average Bonchev–Trinajstić information content (AvgIpc) is 3.87. The lowest BCUT2D eigenvalue weighted by molar-refractivity contribution is 0.448. The summed E-state index contributed by atoms with van der Waals surface area (Å²) in [5, 5.41) is 13.2. The van der Waals surface area contributed by atoms with Crippen LogP contribution in [0.5, 0.6) is 0 Å². The van der Waals surface area contributed by atoms with Gasteiger partial charge in [-0.15, -0.1) is 0 Å². The largest absolute Gasteiger partial charge is 0.355 e. The van der Waals surface area contributed by atoms with Crippen molar-refractivity contribution in [1.29, 1.82) is 0 Å². The van der Waals surface area contributed by atoms with E-state index in [-0.39, 0.29) is 11.6 Å². The van der Waals surface area contributed by atoms with Gasteiger partial charge in [-0.05, 0) is 110 Å². The third-order valence-corrected chi connectivity index (χ3v) is 8.79. The van der Waals surface area contributed by atoms with Crippen molar-refractivity contribution in [1.82, 2.24) is 20.9 Å². The highest BCUT2D eigenvalue weighted by Gasteiger charge is 2.32. The Kier molecular flexibility index (Phi) is 9.29. The van der Waals surface area contributed by atoms with Crippen LogP contribution >= 0.6 is 0 Å². The van der Waals surface area contributed by atoms with Gasteiger partial charge in [0.15, 0.2) is 0 Å². The molecule has 4 aliphatic rings. The molecule has 0 saturated heterocycles. The summed E-state index contributed by atoms with van der Waals surface area (Å²) < 4.78 is 0. The van der Waals surface area contributed by atoms with Crippen molar-refractivity contribution < 1.29 is 0 Å². The number of benzene rings is 2. The zero-order valence-electron chi connectivity index (χ0n) is 26.3. The summed E-state index contributed by atoms with van der Waals surface area (Å²) in [6.45, 7) is 3.68. The van der Waals surface area contributed by atoms with Crippen LogP contribution in [0.1, 0.15) is 36.8 Å². The van der Waals surface area contributed by atoms with Crippen LogP contribution in [0.15, 0.2) is 142 Å². The van der Waals surface area contributed by atoms with Crippen molar-refractivity contribution >= 4 is 23.6 Å². The number of rotatable bonds is 12. The number of hydrogen-bond donors (Lipinski definition) is 4. The highest BCUT2D eigenvalue weighted by atomic mass is 15.0. The second-order valence-corrected chi connectivity index (χ2v) is 12.5. The van der Waals surface area contributed by atoms with Crippen LogP contribution in [0, 0.1) is 0 Å². The Bertz CT molecular complexity index is 1870. The Hall–Kier alpha value is -4.62. The van der Waals surface area contributed by atoms with Crippen LogP contribution in [0.2, 0.25) is 0 Å². The molecule has 4 N–H and O–H groups in total. The Labute approximate surface area is 271 Å². The van der Waals surface area contributed by atoms with E-state index >= 15 is 0 Å². The van der Waals surface area contributed by atoms with Crippen LogP contribution in [0.25, 0.3) is 12.2 Å². The Morgan fingerprint density at radius 1 is 0.717 bits per heavy atom. The van der Waals surface area contributed by atoms with Gasteiger partial charge in [0.1, 0.15) is 0 Å². The van der Waals surface area contributed by atoms with Crippen molar-refractivity contribution in [3.05, 3.63) is 154 Å². The number of aromatic nitrogens is 1. The molecule has 0 aliphatic carbocycles. The minimum absolute atomic E-state index is 0.0808. The van der Waals surface area contributed by atoms with Crippen molar-refractivity contribution in [2.24, 2.45) is 9.98 Å². The van der Waals surface area contributed by atoms with E-state index in [4.69, 9.17) is 9.98 Å². The number of aromatic amines is 1. The summed E-state index contributed by atoms with van der Waals surface area (Å²) in [5.74, 6) is 0. The van der Waals surface area contributed by atoms with Crippen molar-refractivity contribution in [3.63, 3.8) is 0 Å². The molecule has 0 amide bonds. The molecule has 46 heavy (non-hydrogen) atoms. The molecule has 8 bridgehead atoms. The van der Waals surface area contributed by atoms with E-state index in [1.165, 1.54) is 16.7 Å². The second kappa shape index (κ2) is 14.2. The molecule has 2 unspecified atom stereocenters. The minimum atomic E-state index is -0.284. The molecule has 5 heterocycles. The number of aliphatic imine (C=N–C) groups is 2. The number of nitrogens with zero attached hydrogens (tertiary/aromatic N) is 2. The van der Waals surface area contributed by atoms with Crippen LogP contribution in [0.4, 0.5) is 0 Å². The van der Waals surface area contributed by atoms with E-state index in [2.05, 4.69) is 148 Å². The highest BCUT2D eigenvalue weighted by molar-refractivity contribution is 6.20. The van der Waals surface area contributed by atoms with Crippen molar-refractivity contribution in [2.45, 2.75) is 50.4 Å². The molecule has 7 rings (SSSR count). The summed E-state index contributed by atoms with van der Waals surface area (Å²) in [5.41, 5.74) is 7.62. The van der Waals surface area contributed by atoms with Gasteiger partial charge >= 0.3 is 0 Å². The van der Waals surface area contributed by atoms with Gasteiger partial charge < -0.3 is 15.6 Å². The molecule has 0 spiro atoms. The fourth-order valence-corrected chi connectivity index (χ4v) is 6.48. The first kappa shape index (κ1) is 30.1. The molecular weight excluding hydrogens is 564 g/mol. The summed E-state index contributed by atoms with van der Waals surface area (Å²) in [6, 6.07) is 25.5. The smallest absolute Gasteiger partial charge is 0.0661 e. The van der Waals surface area contributed by atoms with E-state index in [1.807, 2.05) is 0 Å². The van der Waals surface area contributed by atoms with Gasteiger partial charge in [-0.2, -0.15) is 0 Å². The Morgan fingerprint density at radius 3 is 2.15 bits per heavy atom. The number of hydrogen-bond acceptors (Lipinski definition) is 5. The highest BCUT2D eigenvalue weighted by Crippen LogP contribution is 2.30. The first-order valence-electron chi connectivity index (χ1n) is 16.5. The topological polar surface area (TPSA) is 76.6 Å². The van der Waals surface area contributed by atoms with E-state index in [1.54, 1.807) is 0 Å². The van der Waals surface area contributed by atoms with Crippen LogP contribution in [0.3, 0.4) is 0 Å². The molecule has 2 atom stereocenters. The number of nitrogens with one attached hydrogen (secondary N) is 4. The number of H-pyrrole nitrogens is 1. The fourth-order valence-electron chi connectivity index (χ4n) is 6.48. The normalized spacial score (nSPS) is 21.2. The Morgan fingerprint density at radius 2 is 1.41 bits per heavy atom. The molecule has 6 heteroatoms. The maximum Gasteiger partial charge on any atom is 0.0661 e. The molecule has 0 saturated carbocycles. The van der Waals surface area contributed by atoms with E-state index < -0.39 is 0 Å². The standard InChI is InChI=1S/C40H42N6/c1-3-9-30(10-4-1)28-41-21-7-13-32-23-38-25-35-15-14-33(43-35)24-34-16-17-37(44-34)27-40(20-18-36(46-40)26-39(32)45-38)19-8-22-42-29-31-11-5-2-6-12-31/h1-6,9-12,14-18,20,23-27,36,41-43,46H,7-8,13,19,21-22,28-29H2. The molecule has 2 aromatic carbocycles. The summed E-state index contributed by atoms with van der Waals surface area (Å²) >= 11 is 0. The lowest BCUT2D eigenvalue weighted by Crippen LogP contribution is -2.42. The van der Waals surface area contributed by atoms with Crippen LogP contribution in [-0.4, -0.2) is 41.1 Å². The second-order valence-electron chi connectivity index (χ2n) is 12.5. The van der Waals surface area contributed by atoms with Gasteiger partial charge in [-0.25, -0.2) is 9.98 Å². The first-order valence-corrected chi connectivity index (χ1v) is 16.5. The SMILES string of the molecule is C1=CC2=NC1=CC1(CCCNCc3ccccc3)C=CC(C=C3N=C(C=C3CCCNCc3ccccc3)C=c3ccc([nH]3)=C2)N1. The van der Waals surface area contributed by atoms with E-state index in [0.29, 0.717) is 0 Å². The molecule has 1 aromatic heterocycles. The molecule has 0 fully saturated rings. The summed E-state index contributed by atoms with van der Waals surface area (Å²) in [7, 11) is 0. The maximum atomic E-state index is 5.12. The van der Waals surface area contributed by atoms with Gasteiger partial charge in [0.25, 0.3) is 0 Å². The number of fused-ring (bicyclic) bond motifs is 6. The van der Waals surface area contributed by atoms with Crippen molar-refractivity contribution in [3.8, 4) is 0 Å². The lowest BCUT2D eigenvalue weighted by atomic mass is 9.93. The zero-order chi connectivity index (χ0) is 31.0. The maximum absolute atomic E-state index is 5.12. The fraction of sp³-hybridized carbons (Fsp3) is 0.250. The first-order chi connectivity index (χ1) is 22.7. The van der Waals surface area contributed by atoms with Gasteiger partial charge in [0, 0.05) is 29.8 Å². The third-order valence-electron chi connectivity index (χ3n) is 8.79. The zero-order valence-corrected chi connectivity index (χ0v) is 26.3. The van der Waals surface area contributed by atoms with Gasteiger partial charge in [-0.1, -0.05) is 72.8 Å². The number of allylic oxidation sites excluding steroid dienone is 4. The monoisotopic (exact) mass is 606 g/mol. The summed E-state index contributed by atoms with van der Waals surface area (Å²) in [4.78, 5) is 13.6. The van der Waals surface area contributed by atoms with Gasteiger partial charge in [-0.3, -0.25) is 5.32 Å². The predicted molar refractivity (Wildman–Crippen MR) is 191 cm³/mol. The van der Waals surface area contributed by atoms with Crippen molar-refractivity contribution in [2.75, 3.05) is 13.1 Å². The third kappa shape index (κ3) is 7.77. The summed E-state index contributed by atoms with van der Waals surface area (Å²) in [6.07, 6.45) is 24.0. The predicted octanol–water partition coefficient (Wildman–Crippen LogP) is 5.16.